The smallest absolute Gasteiger partial charge is 0.324 e. The SMILES string of the molecule is C[C@@H](O)[C@H](NS(=O)(=O)c1c(Br)nnn1C)C(=O)O. The Morgan fingerprint density at radius 3 is 2.44 bits per heavy atom. The van der Waals surface area contributed by atoms with E-state index in [0.717, 1.165) is 11.6 Å². The Morgan fingerprint density at radius 1 is 1.56 bits per heavy atom. The summed E-state index contributed by atoms with van der Waals surface area (Å²) in [4.78, 5) is 10.8. The van der Waals surface area contributed by atoms with Gasteiger partial charge in [-0.2, -0.15) is 4.72 Å². The largest absolute Gasteiger partial charge is 0.480 e. The summed E-state index contributed by atoms with van der Waals surface area (Å²) in [5.41, 5.74) is 0. The average Bonchev–Trinajstić information content (AvgIpc) is 2.54. The predicted octanol–water partition coefficient (Wildman–Crippen LogP) is -1.31. The Kier molecular flexibility index (Phi) is 4.42. The van der Waals surface area contributed by atoms with Crippen molar-refractivity contribution < 1.29 is 23.4 Å². The van der Waals surface area contributed by atoms with Gasteiger partial charge in [0.1, 0.15) is 6.04 Å². The molecule has 1 aromatic rings. The van der Waals surface area contributed by atoms with Crippen LogP contribution in [-0.2, 0) is 21.9 Å². The first-order valence-electron chi connectivity index (χ1n) is 4.65. The molecule has 1 rings (SSSR count). The maximum atomic E-state index is 11.9. The molecule has 3 N–H and O–H groups in total. The minimum absolute atomic E-state index is 0.0489. The van der Waals surface area contributed by atoms with E-state index in [4.69, 9.17) is 5.11 Å². The van der Waals surface area contributed by atoms with Crippen LogP contribution >= 0.6 is 15.9 Å². The van der Waals surface area contributed by atoms with E-state index in [9.17, 15) is 18.3 Å². The number of hydrogen-bond acceptors (Lipinski definition) is 6. The number of aryl methyl sites for hydroxylation is 1. The van der Waals surface area contributed by atoms with Gasteiger partial charge in [0, 0.05) is 7.05 Å². The van der Waals surface area contributed by atoms with E-state index in [1.165, 1.54) is 7.05 Å². The van der Waals surface area contributed by atoms with Crippen molar-refractivity contribution in [2.24, 2.45) is 7.05 Å². The molecule has 0 aliphatic heterocycles. The van der Waals surface area contributed by atoms with E-state index in [1.807, 2.05) is 4.72 Å². The molecular weight excluding hydrogens is 332 g/mol. The van der Waals surface area contributed by atoms with Crippen molar-refractivity contribution in [3.8, 4) is 0 Å². The third kappa shape index (κ3) is 3.04. The Labute approximate surface area is 111 Å². The fraction of sp³-hybridized carbons (Fsp3) is 0.571. The number of sulfonamides is 1. The molecule has 0 saturated carbocycles. The average molecular weight is 343 g/mol. The molecule has 0 bridgehead atoms. The summed E-state index contributed by atoms with van der Waals surface area (Å²) < 4.78 is 26.7. The van der Waals surface area contributed by atoms with Crippen molar-refractivity contribution in [2.45, 2.75) is 24.1 Å². The van der Waals surface area contributed by atoms with Crippen LogP contribution in [0.1, 0.15) is 6.92 Å². The summed E-state index contributed by atoms with van der Waals surface area (Å²) in [5.74, 6) is -1.49. The molecule has 0 fully saturated rings. The molecule has 0 unspecified atom stereocenters. The van der Waals surface area contributed by atoms with E-state index in [0.29, 0.717) is 0 Å². The molecule has 11 heteroatoms. The summed E-state index contributed by atoms with van der Waals surface area (Å²) in [6, 6.07) is -1.66. The molecule has 0 spiro atoms. The number of hydrogen-bond donors (Lipinski definition) is 3. The lowest BCUT2D eigenvalue weighted by Gasteiger charge is -2.16. The number of aliphatic hydroxyl groups excluding tert-OH is 1. The van der Waals surface area contributed by atoms with Gasteiger partial charge in [-0.15, -0.1) is 5.10 Å². The van der Waals surface area contributed by atoms with Gasteiger partial charge in [-0.05, 0) is 22.9 Å². The fourth-order valence-corrected chi connectivity index (χ4v) is 3.54. The molecule has 0 aliphatic carbocycles. The number of aliphatic hydroxyl groups is 1. The highest BCUT2D eigenvalue weighted by Gasteiger charge is 2.32. The standard InChI is InChI=1S/C7H11BrN4O5S/c1-3(13)4(7(14)15)10-18(16,17)6-5(8)9-11-12(6)2/h3-4,10,13H,1-2H3,(H,14,15)/t3-,4+/m1/s1. The first-order valence-corrected chi connectivity index (χ1v) is 6.93. The van der Waals surface area contributed by atoms with Crippen LogP contribution in [0.4, 0.5) is 0 Å². The third-order valence-electron chi connectivity index (χ3n) is 2.02. The zero-order valence-corrected chi connectivity index (χ0v) is 11.8. The van der Waals surface area contributed by atoms with Crippen molar-refractivity contribution in [3.05, 3.63) is 4.60 Å². The lowest BCUT2D eigenvalue weighted by atomic mass is 10.2. The highest BCUT2D eigenvalue weighted by atomic mass is 79.9. The van der Waals surface area contributed by atoms with Gasteiger partial charge in [0.25, 0.3) is 10.0 Å². The second-order valence-electron chi connectivity index (χ2n) is 3.49. The van der Waals surface area contributed by atoms with E-state index < -0.39 is 28.1 Å². The van der Waals surface area contributed by atoms with Crippen LogP contribution in [0, 0.1) is 0 Å². The van der Waals surface area contributed by atoms with Crippen molar-refractivity contribution in [1.82, 2.24) is 19.7 Å². The normalized spacial score (nSPS) is 15.3. The number of nitrogens with zero attached hydrogens (tertiary/aromatic N) is 3. The van der Waals surface area contributed by atoms with Crippen LogP contribution in [0.25, 0.3) is 0 Å². The summed E-state index contributed by atoms with van der Waals surface area (Å²) in [5, 5.41) is 24.7. The molecule has 0 aliphatic rings. The Bertz CT molecular complexity index is 535. The van der Waals surface area contributed by atoms with Crippen LogP contribution in [0.15, 0.2) is 9.63 Å². The van der Waals surface area contributed by atoms with E-state index in [-0.39, 0.29) is 9.63 Å². The lowest BCUT2D eigenvalue weighted by molar-refractivity contribution is -0.141. The monoisotopic (exact) mass is 342 g/mol. The number of carboxylic acid groups (broad SMARTS) is 1. The van der Waals surface area contributed by atoms with Crippen molar-refractivity contribution in [1.29, 1.82) is 0 Å². The molecular formula is C7H11BrN4O5S. The first kappa shape index (κ1) is 15.0. The molecule has 2 atom stereocenters. The van der Waals surface area contributed by atoms with Gasteiger partial charge in [-0.3, -0.25) is 4.79 Å². The number of rotatable bonds is 5. The fourth-order valence-electron chi connectivity index (χ4n) is 1.19. The molecule has 1 heterocycles. The van der Waals surface area contributed by atoms with Crippen LogP contribution in [-0.4, -0.2) is 51.7 Å². The Balaban J connectivity index is 3.13. The van der Waals surface area contributed by atoms with Gasteiger partial charge < -0.3 is 10.2 Å². The number of aromatic nitrogens is 3. The summed E-state index contributed by atoms with van der Waals surface area (Å²) in [6.07, 6.45) is -1.39. The minimum Gasteiger partial charge on any atom is -0.480 e. The maximum absolute atomic E-state index is 11.9. The molecule has 0 radical (unpaired) electrons. The second kappa shape index (κ2) is 5.30. The van der Waals surface area contributed by atoms with Crippen LogP contribution in [0.3, 0.4) is 0 Å². The lowest BCUT2D eigenvalue weighted by Crippen LogP contribution is -2.47. The number of aliphatic carboxylic acids is 1. The van der Waals surface area contributed by atoms with Crippen molar-refractivity contribution in [3.63, 3.8) is 0 Å². The highest BCUT2D eigenvalue weighted by molar-refractivity contribution is 9.10. The summed E-state index contributed by atoms with van der Waals surface area (Å²) >= 11 is 2.89. The van der Waals surface area contributed by atoms with E-state index in [2.05, 4.69) is 26.2 Å². The van der Waals surface area contributed by atoms with Crippen LogP contribution in [0.5, 0.6) is 0 Å². The number of halogens is 1. The van der Waals surface area contributed by atoms with Crippen molar-refractivity contribution >= 4 is 31.9 Å². The molecule has 18 heavy (non-hydrogen) atoms. The molecule has 9 nitrogen and oxygen atoms in total. The first-order chi connectivity index (χ1) is 8.16. The van der Waals surface area contributed by atoms with E-state index >= 15 is 0 Å². The van der Waals surface area contributed by atoms with Gasteiger partial charge in [0.05, 0.1) is 6.10 Å². The summed E-state index contributed by atoms with van der Waals surface area (Å²) in [7, 11) is -2.83. The van der Waals surface area contributed by atoms with Gasteiger partial charge in [0.2, 0.25) is 5.03 Å². The topological polar surface area (TPSA) is 134 Å². The number of carbonyl (C=O) groups is 1. The molecule has 102 valence electrons. The molecule has 1 aromatic heterocycles. The number of carboxylic acids is 1. The highest BCUT2D eigenvalue weighted by Crippen LogP contribution is 2.18. The van der Waals surface area contributed by atoms with Gasteiger partial charge in [-0.25, -0.2) is 13.1 Å². The predicted molar refractivity (Wildman–Crippen MR) is 62.1 cm³/mol. The van der Waals surface area contributed by atoms with Crippen LogP contribution in [0.2, 0.25) is 0 Å². The van der Waals surface area contributed by atoms with Gasteiger partial charge in [0.15, 0.2) is 4.60 Å². The number of nitrogens with one attached hydrogen (secondary N) is 1. The van der Waals surface area contributed by atoms with E-state index in [1.54, 1.807) is 0 Å². The Morgan fingerprint density at radius 2 is 2.11 bits per heavy atom. The Hall–Kier alpha value is -1.04. The minimum atomic E-state index is -4.17. The van der Waals surface area contributed by atoms with Crippen molar-refractivity contribution in [2.75, 3.05) is 0 Å². The summed E-state index contributed by atoms with van der Waals surface area (Å²) in [6.45, 7) is 1.16. The molecule has 0 amide bonds. The maximum Gasteiger partial charge on any atom is 0.324 e. The zero-order chi connectivity index (χ0) is 14.1. The van der Waals surface area contributed by atoms with Gasteiger partial charge >= 0.3 is 5.97 Å². The third-order valence-corrected chi connectivity index (χ3v) is 4.35. The molecule has 0 aromatic carbocycles. The quantitative estimate of drug-likeness (QED) is 0.604. The van der Waals surface area contributed by atoms with Crippen LogP contribution < -0.4 is 4.72 Å². The molecule has 0 saturated heterocycles. The van der Waals surface area contributed by atoms with Gasteiger partial charge in [-0.1, -0.05) is 5.21 Å². The second-order valence-corrected chi connectivity index (χ2v) is 5.87. The zero-order valence-electron chi connectivity index (χ0n) is 9.40.